The average molecular weight is 294 g/mol. The topological polar surface area (TPSA) is 49.3 Å². The normalized spacial score (nSPS) is 10.2. The second-order valence-electron chi connectivity index (χ2n) is 3.12. The van der Waals surface area contributed by atoms with Crippen molar-refractivity contribution in [2.75, 3.05) is 11.9 Å². The standard InChI is InChI=1S/C10H10BrF2NO2/c11-6-4-7(12)10(8(13)5-6)14-9(16)2-1-3-15/h4-5,15H,1-3H2,(H,14,16). The predicted molar refractivity (Wildman–Crippen MR) is 59.0 cm³/mol. The van der Waals surface area contributed by atoms with Crippen molar-refractivity contribution in [3.05, 3.63) is 28.2 Å². The number of benzene rings is 1. The Bertz CT molecular complexity index is 375. The first kappa shape index (κ1) is 13.1. The van der Waals surface area contributed by atoms with Gasteiger partial charge in [0.05, 0.1) is 0 Å². The van der Waals surface area contributed by atoms with Gasteiger partial charge in [-0.25, -0.2) is 8.78 Å². The van der Waals surface area contributed by atoms with Gasteiger partial charge in [-0.2, -0.15) is 0 Å². The highest BCUT2D eigenvalue weighted by Crippen LogP contribution is 2.23. The lowest BCUT2D eigenvalue weighted by molar-refractivity contribution is -0.116. The van der Waals surface area contributed by atoms with Gasteiger partial charge < -0.3 is 10.4 Å². The smallest absolute Gasteiger partial charge is 0.224 e. The van der Waals surface area contributed by atoms with Gasteiger partial charge in [-0.15, -0.1) is 0 Å². The summed E-state index contributed by atoms with van der Waals surface area (Å²) >= 11 is 2.93. The molecule has 1 aromatic rings. The van der Waals surface area contributed by atoms with E-state index in [1.54, 1.807) is 0 Å². The Hall–Kier alpha value is -1.01. The zero-order valence-electron chi connectivity index (χ0n) is 8.27. The molecule has 2 N–H and O–H groups in total. The molecule has 0 radical (unpaired) electrons. The second-order valence-corrected chi connectivity index (χ2v) is 4.04. The molecule has 0 spiro atoms. The minimum absolute atomic E-state index is 0.0193. The maximum Gasteiger partial charge on any atom is 0.224 e. The highest BCUT2D eigenvalue weighted by molar-refractivity contribution is 9.10. The van der Waals surface area contributed by atoms with Crippen molar-refractivity contribution in [2.24, 2.45) is 0 Å². The summed E-state index contributed by atoms with van der Waals surface area (Å²) in [6.45, 7) is -0.140. The van der Waals surface area contributed by atoms with Crippen LogP contribution in [0.2, 0.25) is 0 Å². The first-order valence-corrected chi connectivity index (χ1v) is 5.39. The zero-order chi connectivity index (χ0) is 12.1. The molecule has 0 saturated carbocycles. The molecular weight excluding hydrogens is 284 g/mol. The lowest BCUT2D eigenvalue weighted by Crippen LogP contribution is -2.14. The summed E-state index contributed by atoms with van der Waals surface area (Å²) in [4.78, 5) is 11.2. The second kappa shape index (κ2) is 5.91. The number of halogens is 3. The van der Waals surface area contributed by atoms with E-state index < -0.39 is 23.2 Å². The number of aliphatic hydroxyl groups is 1. The summed E-state index contributed by atoms with van der Waals surface area (Å²) in [5.74, 6) is -2.22. The van der Waals surface area contributed by atoms with Crippen LogP contribution in [0.3, 0.4) is 0 Å². The molecule has 0 aliphatic rings. The lowest BCUT2D eigenvalue weighted by Gasteiger charge is -2.07. The van der Waals surface area contributed by atoms with Crippen LogP contribution in [-0.4, -0.2) is 17.6 Å². The fourth-order valence-corrected chi connectivity index (χ4v) is 1.51. The van der Waals surface area contributed by atoms with Crippen LogP contribution in [0.4, 0.5) is 14.5 Å². The molecule has 0 aromatic heterocycles. The van der Waals surface area contributed by atoms with Crippen molar-refractivity contribution in [2.45, 2.75) is 12.8 Å². The van der Waals surface area contributed by atoms with Crippen LogP contribution in [0, 0.1) is 11.6 Å². The summed E-state index contributed by atoms with van der Waals surface area (Å²) in [5.41, 5.74) is -0.467. The Morgan fingerprint density at radius 1 is 1.38 bits per heavy atom. The van der Waals surface area contributed by atoms with Crippen LogP contribution < -0.4 is 5.32 Å². The lowest BCUT2D eigenvalue weighted by atomic mass is 10.2. The molecule has 3 nitrogen and oxygen atoms in total. The molecule has 0 heterocycles. The van der Waals surface area contributed by atoms with E-state index in [9.17, 15) is 13.6 Å². The maximum absolute atomic E-state index is 13.3. The van der Waals surface area contributed by atoms with Gasteiger partial charge in [0, 0.05) is 17.5 Å². The van der Waals surface area contributed by atoms with E-state index in [2.05, 4.69) is 21.2 Å². The molecule has 1 aromatic carbocycles. The van der Waals surface area contributed by atoms with E-state index in [-0.39, 0.29) is 23.9 Å². The fourth-order valence-electron chi connectivity index (χ4n) is 1.10. The molecule has 16 heavy (non-hydrogen) atoms. The summed E-state index contributed by atoms with van der Waals surface area (Å²) in [7, 11) is 0. The fraction of sp³-hybridized carbons (Fsp3) is 0.300. The van der Waals surface area contributed by atoms with Gasteiger partial charge in [-0.1, -0.05) is 15.9 Å². The number of nitrogens with one attached hydrogen (secondary N) is 1. The molecule has 0 bridgehead atoms. The molecule has 88 valence electrons. The zero-order valence-corrected chi connectivity index (χ0v) is 9.85. The first-order valence-electron chi connectivity index (χ1n) is 4.60. The molecule has 0 atom stereocenters. The minimum atomic E-state index is -0.843. The highest BCUT2D eigenvalue weighted by atomic mass is 79.9. The van der Waals surface area contributed by atoms with Gasteiger partial charge in [-0.05, 0) is 18.6 Å². The van der Waals surface area contributed by atoms with Crippen molar-refractivity contribution in [1.29, 1.82) is 0 Å². The number of amides is 1. The SMILES string of the molecule is O=C(CCCO)Nc1c(F)cc(Br)cc1F. The Morgan fingerprint density at radius 2 is 1.94 bits per heavy atom. The van der Waals surface area contributed by atoms with Crippen molar-refractivity contribution in [3.63, 3.8) is 0 Å². The van der Waals surface area contributed by atoms with Crippen LogP contribution in [-0.2, 0) is 4.79 Å². The van der Waals surface area contributed by atoms with Crippen LogP contribution in [0.1, 0.15) is 12.8 Å². The molecule has 6 heteroatoms. The third kappa shape index (κ3) is 3.53. The molecular formula is C10H10BrF2NO2. The van der Waals surface area contributed by atoms with Gasteiger partial charge in [0.15, 0.2) is 11.6 Å². The van der Waals surface area contributed by atoms with E-state index in [1.807, 2.05) is 0 Å². The molecule has 0 fully saturated rings. The van der Waals surface area contributed by atoms with Gasteiger partial charge in [-0.3, -0.25) is 4.79 Å². The number of anilines is 1. The Labute approximate surface area is 99.6 Å². The van der Waals surface area contributed by atoms with Crippen LogP contribution in [0.15, 0.2) is 16.6 Å². The number of carbonyl (C=O) groups excluding carboxylic acids is 1. The van der Waals surface area contributed by atoms with E-state index in [0.717, 1.165) is 12.1 Å². The third-order valence-electron chi connectivity index (χ3n) is 1.83. The summed E-state index contributed by atoms with van der Waals surface area (Å²) < 4.78 is 26.8. The van der Waals surface area contributed by atoms with Gasteiger partial charge >= 0.3 is 0 Å². The van der Waals surface area contributed by atoms with E-state index in [0.29, 0.717) is 0 Å². The van der Waals surface area contributed by atoms with Crippen LogP contribution in [0.5, 0.6) is 0 Å². The monoisotopic (exact) mass is 293 g/mol. The van der Waals surface area contributed by atoms with Gasteiger partial charge in [0.25, 0.3) is 0 Å². The largest absolute Gasteiger partial charge is 0.396 e. The molecule has 0 unspecified atom stereocenters. The predicted octanol–water partition coefficient (Wildman–Crippen LogP) is 2.44. The Kier molecular flexibility index (Phi) is 4.82. The Balaban J connectivity index is 2.77. The minimum Gasteiger partial charge on any atom is -0.396 e. The van der Waals surface area contributed by atoms with Crippen molar-refractivity contribution >= 4 is 27.5 Å². The first-order chi connectivity index (χ1) is 7.54. The number of carbonyl (C=O) groups is 1. The molecule has 1 amide bonds. The number of hydrogen-bond acceptors (Lipinski definition) is 2. The van der Waals surface area contributed by atoms with E-state index in [1.165, 1.54) is 0 Å². The highest BCUT2D eigenvalue weighted by Gasteiger charge is 2.13. The summed E-state index contributed by atoms with van der Waals surface area (Å²) in [6.07, 6.45) is 0.275. The van der Waals surface area contributed by atoms with Crippen LogP contribution >= 0.6 is 15.9 Å². The summed E-state index contributed by atoms with van der Waals surface area (Å²) in [6, 6.07) is 2.12. The van der Waals surface area contributed by atoms with Crippen molar-refractivity contribution < 1.29 is 18.7 Å². The van der Waals surface area contributed by atoms with Crippen LogP contribution in [0.25, 0.3) is 0 Å². The number of rotatable bonds is 4. The van der Waals surface area contributed by atoms with Gasteiger partial charge in [0.2, 0.25) is 5.91 Å². The Morgan fingerprint density at radius 3 is 2.44 bits per heavy atom. The molecule has 0 aliphatic carbocycles. The van der Waals surface area contributed by atoms with E-state index >= 15 is 0 Å². The van der Waals surface area contributed by atoms with Gasteiger partial charge in [0.1, 0.15) is 5.69 Å². The van der Waals surface area contributed by atoms with Crippen molar-refractivity contribution in [1.82, 2.24) is 0 Å². The number of aliphatic hydroxyl groups excluding tert-OH is 1. The quantitative estimate of drug-likeness (QED) is 0.896. The average Bonchev–Trinajstić information content (AvgIpc) is 2.20. The molecule has 1 rings (SSSR count). The summed E-state index contributed by atoms with van der Waals surface area (Å²) in [5, 5.41) is 10.6. The van der Waals surface area contributed by atoms with Crippen molar-refractivity contribution in [3.8, 4) is 0 Å². The third-order valence-corrected chi connectivity index (χ3v) is 2.29. The maximum atomic E-state index is 13.3. The molecule has 0 aliphatic heterocycles. The number of hydrogen-bond donors (Lipinski definition) is 2. The molecule has 0 saturated heterocycles. The van der Waals surface area contributed by atoms with E-state index in [4.69, 9.17) is 5.11 Å².